The van der Waals surface area contributed by atoms with Crippen LogP contribution in [0.15, 0.2) is 10.7 Å². The van der Waals surface area contributed by atoms with Crippen molar-refractivity contribution in [1.29, 1.82) is 0 Å². The Kier molecular flexibility index (Phi) is 0.602. The highest BCUT2D eigenvalue weighted by atomic mass is 16.5. The summed E-state index contributed by atoms with van der Waals surface area (Å²) in [7, 11) is 0. The molecule has 0 aromatic carbocycles. The van der Waals surface area contributed by atoms with Gasteiger partial charge < -0.3 is 4.52 Å². The first kappa shape index (κ1) is 3.33. The van der Waals surface area contributed by atoms with Crippen LogP contribution in [0, 0.1) is 6.92 Å². The van der Waals surface area contributed by atoms with E-state index in [0.717, 1.165) is 5.76 Å². The first-order valence-electron chi connectivity index (χ1n) is 1.63. The molecule has 0 fully saturated rings. The Bertz CT molecular complexity index is 112. The van der Waals surface area contributed by atoms with Gasteiger partial charge in [-0.25, -0.2) is 0 Å². The number of hydrogen-bond donors (Lipinski definition) is 0. The molecule has 1 aromatic heterocycles. The predicted molar refractivity (Wildman–Crippen MR) is 19.0 cm³/mol. The van der Waals surface area contributed by atoms with Gasteiger partial charge in [0.05, 0.1) is 6.20 Å². The van der Waals surface area contributed by atoms with Crippen molar-refractivity contribution in [2.45, 2.75) is 6.92 Å². The quantitative estimate of drug-likeness (QED) is 0.456. The average Bonchev–Trinajstić information content (AvgIpc) is 1.86. The summed E-state index contributed by atoms with van der Waals surface area (Å²) in [6.45, 7) is 1.79. The molecule has 32 valence electrons. The standard InChI is InChI=1S/C3H4N2O/c1-3-2-4-5-6-3/h2H,1H3. The molecule has 0 aliphatic heterocycles. The third kappa shape index (κ3) is 0.381. The van der Waals surface area contributed by atoms with Crippen molar-refractivity contribution in [3.05, 3.63) is 12.0 Å². The molecule has 1 rings (SSSR count). The van der Waals surface area contributed by atoms with E-state index in [2.05, 4.69) is 14.9 Å². The van der Waals surface area contributed by atoms with E-state index in [1.165, 1.54) is 0 Å². The van der Waals surface area contributed by atoms with Gasteiger partial charge in [0.25, 0.3) is 0 Å². The lowest BCUT2D eigenvalue weighted by atomic mass is 10.6. The van der Waals surface area contributed by atoms with Gasteiger partial charge >= 0.3 is 0 Å². The van der Waals surface area contributed by atoms with E-state index in [9.17, 15) is 0 Å². The van der Waals surface area contributed by atoms with Crippen molar-refractivity contribution in [3.63, 3.8) is 0 Å². The summed E-state index contributed by atoms with van der Waals surface area (Å²) in [6, 6.07) is 0. The summed E-state index contributed by atoms with van der Waals surface area (Å²) in [5, 5.41) is 6.60. The van der Waals surface area contributed by atoms with Crippen LogP contribution in [0.25, 0.3) is 0 Å². The Hall–Kier alpha value is -0.860. The molecule has 0 bridgehead atoms. The average molecular weight is 84.1 g/mol. The molecule has 0 aliphatic rings. The van der Waals surface area contributed by atoms with E-state index in [1.807, 2.05) is 0 Å². The first-order valence-corrected chi connectivity index (χ1v) is 1.63. The maximum atomic E-state index is 4.47. The Morgan fingerprint density at radius 1 is 1.83 bits per heavy atom. The monoisotopic (exact) mass is 84.0 g/mol. The molecule has 0 radical (unpaired) electrons. The zero-order chi connectivity index (χ0) is 4.41. The van der Waals surface area contributed by atoms with E-state index < -0.39 is 0 Å². The minimum Gasteiger partial charge on any atom is -0.342 e. The molecule has 1 heterocycles. The van der Waals surface area contributed by atoms with Crippen LogP contribution in [0.4, 0.5) is 0 Å². The second kappa shape index (κ2) is 1.08. The van der Waals surface area contributed by atoms with Crippen LogP contribution in [0.5, 0.6) is 0 Å². The Morgan fingerprint density at radius 3 is 2.83 bits per heavy atom. The van der Waals surface area contributed by atoms with E-state index in [4.69, 9.17) is 0 Å². The van der Waals surface area contributed by atoms with Gasteiger partial charge in [-0.05, 0) is 6.92 Å². The van der Waals surface area contributed by atoms with Gasteiger partial charge in [0.15, 0.2) is 5.76 Å². The minimum atomic E-state index is 0.745. The fraction of sp³-hybridized carbons (Fsp3) is 0.333. The fourth-order valence-corrected chi connectivity index (χ4v) is 0.216. The summed E-state index contributed by atoms with van der Waals surface area (Å²) >= 11 is 0. The topological polar surface area (TPSA) is 38.9 Å². The third-order valence-corrected chi connectivity index (χ3v) is 0.471. The number of hydrogen-bond acceptors (Lipinski definition) is 3. The van der Waals surface area contributed by atoms with Gasteiger partial charge in [0, 0.05) is 5.27 Å². The Balaban J connectivity index is 3.05. The lowest BCUT2D eigenvalue weighted by molar-refractivity contribution is 0.374. The zero-order valence-corrected chi connectivity index (χ0v) is 3.38. The molecule has 6 heavy (non-hydrogen) atoms. The van der Waals surface area contributed by atoms with Crippen molar-refractivity contribution < 1.29 is 4.52 Å². The minimum absolute atomic E-state index is 0.745. The molecule has 1 aromatic rings. The maximum absolute atomic E-state index is 4.47. The van der Waals surface area contributed by atoms with Crippen LogP contribution < -0.4 is 0 Å². The van der Waals surface area contributed by atoms with Gasteiger partial charge in [0.2, 0.25) is 0 Å². The van der Waals surface area contributed by atoms with Crippen LogP contribution in [-0.4, -0.2) is 10.4 Å². The summed E-state index contributed by atoms with van der Waals surface area (Å²) in [5.41, 5.74) is 0. The molecule has 0 unspecified atom stereocenters. The van der Waals surface area contributed by atoms with E-state index >= 15 is 0 Å². The van der Waals surface area contributed by atoms with Crippen molar-refractivity contribution >= 4 is 0 Å². The van der Waals surface area contributed by atoms with E-state index in [1.54, 1.807) is 13.1 Å². The van der Waals surface area contributed by atoms with Gasteiger partial charge in [-0.2, -0.15) is 0 Å². The van der Waals surface area contributed by atoms with Crippen LogP contribution >= 0.6 is 0 Å². The van der Waals surface area contributed by atoms with Crippen LogP contribution in [0.3, 0.4) is 0 Å². The van der Waals surface area contributed by atoms with Crippen molar-refractivity contribution in [1.82, 2.24) is 10.4 Å². The van der Waals surface area contributed by atoms with Crippen LogP contribution in [0.2, 0.25) is 0 Å². The number of rotatable bonds is 0. The Morgan fingerprint density at radius 2 is 2.67 bits per heavy atom. The highest BCUT2D eigenvalue weighted by Gasteiger charge is 1.79. The zero-order valence-electron chi connectivity index (χ0n) is 3.38. The molecule has 0 amide bonds. The first-order chi connectivity index (χ1) is 2.89. The lowest BCUT2D eigenvalue weighted by Gasteiger charge is -1.62. The van der Waals surface area contributed by atoms with Gasteiger partial charge in [-0.1, -0.05) is 0 Å². The van der Waals surface area contributed by atoms with Crippen LogP contribution in [0.1, 0.15) is 5.76 Å². The summed E-state index contributed by atoms with van der Waals surface area (Å²) in [6.07, 6.45) is 1.56. The molecule has 0 saturated heterocycles. The normalized spacial score (nSPS) is 8.83. The smallest absolute Gasteiger partial charge is 0.154 e. The van der Waals surface area contributed by atoms with Crippen molar-refractivity contribution in [2.24, 2.45) is 0 Å². The molecule has 0 N–H and O–H groups in total. The lowest BCUT2D eigenvalue weighted by Crippen LogP contribution is -1.53. The number of nitrogens with zero attached hydrogens (tertiary/aromatic N) is 2. The van der Waals surface area contributed by atoms with Gasteiger partial charge in [-0.3, -0.25) is 0 Å². The second-order valence-corrected chi connectivity index (χ2v) is 1.03. The molecule has 0 spiro atoms. The maximum Gasteiger partial charge on any atom is 0.154 e. The Labute approximate surface area is 34.9 Å². The summed E-state index contributed by atoms with van der Waals surface area (Å²) in [4.78, 5) is 0. The van der Waals surface area contributed by atoms with E-state index in [0.29, 0.717) is 0 Å². The predicted octanol–water partition coefficient (Wildman–Crippen LogP) is 0.378. The SMILES string of the molecule is Cc1cnno1. The molecular weight excluding hydrogens is 80.0 g/mol. The van der Waals surface area contributed by atoms with Crippen molar-refractivity contribution in [2.75, 3.05) is 0 Å². The molecule has 3 heteroatoms. The van der Waals surface area contributed by atoms with Gasteiger partial charge in [0.1, 0.15) is 0 Å². The molecule has 0 saturated carbocycles. The highest BCUT2D eigenvalue weighted by Crippen LogP contribution is 1.84. The molecular formula is C3H4N2O. The number of aryl methyl sites for hydroxylation is 1. The van der Waals surface area contributed by atoms with Gasteiger partial charge in [-0.15, -0.1) is 5.10 Å². The second-order valence-electron chi connectivity index (χ2n) is 1.03. The van der Waals surface area contributed by atoms with E-state index in [-0.39, 0.29) is 0 Å². The summed E-state index contributed by atoms with van der Waals surface area (Å²) in [5.74, 6) is 0.745. The largest absolute Gasteiger partial charge is 0.342 e. The number of aromatic nitrogens is 2. The third-order valence-electron chi connectivity index (χ3n) is 0.471. The molecule has 0 aliphatic carbocycles. The molecule has 3 nitrogen and oxygen atoms in total. The van der Waals surface area contributed by atoms with Crippen LogP contribution in [-0.2, 0) is 0 Å². The van der Waals surface area contributed by atoms with Crippen molar-refractivity contribution in [3.8, 4) is 0 Å². The highest BCUT2D eigenvalue weighted by molar-refractivity contribution is 4.77. The molecule has 0 atom stereocenters. The summed E-state index contributed by atoms with van der Waals surface area (Å²) < 4.78 is 4.47. The fourth-order valence-electron chi connectivity index (χ4n) is 0.216.